The van der Waals surface area contributed by atoms with Crippen molar-refractivity contribution >= 4 is 27.9 Å². The molecule has 0 unspecified atom stereocenters. The van der Waals surface area contributed by atoms with Crippen molar-refractivity contribution in [3.63, 3.8) is 0 Å². The molecule has 1 rings (SSSR count). The number of carbonyl (C=O) groups excluding carboxylic acids is 1. The number of rotatable bonds is 14. The quantitative estimate of drug-likeness (QED) is 0.266. The first-order valence-corrected chi connectivity index (χ1v) is 19.4. The molecule has 0 bridgehead atoms. The van der Waals surface area contributed by atoms with Crippen LogP contribution in [0.4, 0.5) is 0 Å². The summed E-state index contributed by atoms with van der Waals surface area (Å²) in [4.78, 5) is 15.6. The molecule has 0 saturated carbocycles. The summed E-state index contributed by atoms with van der Waals surface area (Å²) in [5.74, 6) is 1.21. The van der Waals surface area contributed by atoms with Crippen molar-refractivity contribution in [1.82, 2.24) is 4.90 Å². The predicted octanol–water partition coefficient (Wildman–Crippen LogP) is 6.54. The van der Waals surface area contributed by atoms with Crippen LogP contribution in [0.15, 0.2) is 12.1 Å². The van der Waals surface area contributed by atoms with Crippen LogP contribution < -0.4 is 8.32 Å². The van der Waals surface area contributed by atoms with E-state index in [9.17, 15) is 4.79 Å². The number of nitrogens with zero attached hydrogens (tertiary/aromatic N) is 1. The third-order valence-corrected chi connectivity index (χ3v) is 22.0. The second-order valence-corrected chi connectivity index (χ2v) is 21.5. The fraction of sp³-hybridized carbons (Fsp3) is 0.720. The van der Waals surface area contributed by atoms with Crippen LogP contribution in [0.5, 0.6) is 5.75 Å². The molecule has 1 aromatic carbocycles. The molecule has 1 amide bonds. The molecular weight excluding hydrogens is 465 g/mol. The number of aryl methyl sites for hydroxylation is 1. The topological polar surface area (TPSA) is 29.5 Å². The van der Waals surface area contributed by atoms with Crippen LogP contribution in [0.2, 0.25) is 13.3 Å². The Morgan fingerprint density at radius 3 is 1.76 bits per heavy atom. The molecule has 0 spiro atoms. The van der Waals surface area contributed by atoms with Crippen LogP contribution in [0.3, 0.4) is 0 Å². The Morgan fingerprint density at radius 1 is 0.897 bits per heavy atom. The molecule has 0 aliphatic heterocycles. The van der Waals surface area contributed by atoms with Gasteiger partial charge in [-0.05, 0) is 0 Å². The second-order valence-electron chi connectivity index (χ2n) is 8.46. The fourth-order valence-electron chi connectivity index (χ4n) is 4.61. The van der Waals surface area contributed by atoms with E-state index >= 15 is 0 Å². The van der Waals surface area contributed by atoms with Gasteiger partial charge in [-0.3, -0.25) is 0 Å². The van der Waals surface area contributed by atoms with Crippen LogP contribution in [0, 0.1) is 6.92 Å². The Morgan fingerprint density at radius 2 is 1.38 bits per heavy atom. The monoisotopic (exact) mass is 511 g/mol. The summed E-state index contributed by atoms with van der Waals surface area (Å²) < 4.78 is 11.4. The zero-order valence-corrected chi connectivity index (χ0v) is 23.1. The molecule has 166 valence electrons. The summed E-state index contributed by atoms with van der Waals surface area (Å²) >= 11 is -2.84. The SMILES string of the molecule is CCC[CH2][Sn]([CH2]CCC)([CH2]CCC)[c]1c(OC)cc(C)cc1C(=O)N(CC)CC. The molecule has 0 aromatic heterocycles. The van der Waals surface area contributed by atoms with Crippen molar-refractivity contribution in [2.45, 2.75) is 93.4 Å². The first kappa shape index (κ1) is 26.3. The fourth-order valence-corrected chi connectivity index (χ4v) is 21.8. The molecule has 4 heteroatoms. The molecule has 29 heavy (non-hydrogen) atoms. The van der Waals surface area contributed by atoms with E-state index in [1.165, 1.54) is 55.4 Å². The van der Waals surface area contributed by atoms with E-state index in [4.69, 9.17) is 4.74 Å². The predicted molar refractivity (Wildman–Crippen MR) is 130 cm³/mol. The summed E-state index contributed by atoms with van der Waals surface area (Å²) in [5.41, 5.74) is 2.09. The van der Waals surface area contributed by atoms with Crippen LogP contribution in [-0.2, 0) is 0 Å². The van der Waals surface area contributed by atoms with Crippen LogP contribution >= 0.6 is 0 Å². The number of amides is 1. The first-order chi connectivity index (χ1) is 13.9. The average molecular weight is 510 g/mol. The van der Waals surface area contributed by atoms with E-state index in [1.807, 2.05) is 4.90 Å². The van der Waals surface area contributed by atoms with E-state index in [0.717, 1.165) is 30.0 Å². The maximum atomic E-state index is 13.6. The van der Waals surface area contributed by atoms with Gasteiger partial charge in [0.05, 0.1) is 0 Å². The van der Waals surface area contributed by atoms with Crippen LogP contribution in [0.25, 0.3) is 0 Å². The number of unbranched alkanes of at least 4 members (excludes halogenated alkanes) is 3. The molecule has 0 radical (unpaired) electrons. The first-order valence-electron chi connectivity index (χ1n) is 11.9. The van der Waals surface area contributed by atoms with Gasteiger partial charge < -0.3 is 0 Å². The van der Waals surface area contributed by atoms with E-state index in [2.05, 4.69) is 53.7 Å². The van der Waals surface area contributed by atoms with Gasteiger partial charge in [0.25, 0.3) is 0 Å². The molecule has 0 N–H and O–H groups in total. The molecule has 0 aliphatic carbocycles. The molecule has 0 heterocycles. The second kappa shape index (κ2) is 13.6. The Balaban J connectivity index is 3.75. The molecular formula is C25H45NO2Sn. The summed E-state index contributed by atoms with van der Waals surface area (Å²) in [6.07, 6.45) is 7.51. The molecule has 1 aromatic rings. The molecule has 0 aliphatic rings. The zero-order chi connectivity index (χ0) is 21.9. The number of benzene rings is 1. The molecule has 0 saturated heterocycles. The van der Waals surface area contributed by atoms with Gasteiger partial charge in [-0.15, -0.1) is 0 Å². The van der Waals surface area contributed by atoms with E-state index < -0.39 is 18.4 Å². The normalized spacial score (nSPS) is 11.6. The summed E-state index contributed by atoms with van der Waals surface area (Å²) in [6, 6.07) is 4.35. The molecule has 0 fully saturated rings. The zero-order valence-electron chi connectivity index (χ0n) is 20.2. The minimum atomic E-state index is -2.84. The third-order valence-electron chi connectivity index (χ3n) is 6.30. The number of hydrogen-bond donors (Lipinski definition) is 0. The van der Waals surface area contributed by atoms with Crippen molar-refractivity contribution in [3.05, 3.63) is 23.3 Å². The summed E-state index contributed by atoms with van der Waals surface area (Å²) in [5, 5.41) is 0. The minimum absolute atomic E-state index is 0.206. The number of ether oxygens (including phenoxy) is 1. The maximum absolute atomic E-state index is 13.6. The van der Waals surface area contributed by atoms with Gasteiger partial charge in [0, 0.05) is 0 Å². The van der Waals surface area contributed by atoms with Crippen molar-refractivity contribution in [2.75, 3.05) is 20.2 Å². The van der Waals surface area contributed by atoms with E-state index in [0.29, 0.717) is 0 Å². The van der Waals surface area contributed by atoms with E-state index in [1.54, 1.807) is 7.11 Å². The number of methoxy groups -OCH3 is 1. The van der Waals surface area contributed by atoms with Gasteiger partial charge in [0.2, 0.25) is 0 Å². The van der Waals surface area contributed by atoms with Crippen LogP contribution in [0.1, 0.15) is 89.1 Å². The van der Waals surface area contributed by atoms with Gasteiger partial charge in [-0.1, -0.05) is 0 Å². The van der Waals surface area contributed by atoms with E-state index in [-0.39, 0.29) is 5.91 Å². The Labute approximate surface area is 184 Å². The summed E-state index contributed by atoms with van der Waals surface area (Å²) in [6.45, 7) is 14.6. The van der Waals surface area contributed by atoms with Crippen molar-refractivity contribution in [1.29, 1.82) is 0 Å². The van der Waals surface area contributed by atoms with Gasteiger partial charge in [-0.25, -0.2) is 0 Å². The molecule has 0 atom stereocenters. The van der Waals surface area contributed by atoms with Crippen molar-refractivity contribution in [3.8, 4) is 5.75 Å². The van der Waals surface area contributed by atoms with Gasteiger partial charge in [0.15, 0.2) is 0 Å². The summed E-state index contributed by atoms with van der Waals surface area (Å²) in [7, 11) is 1.79. The Hall–Kier alpha value is -0.711. The average Bonchev–Trinajstić information content (AvgIpc) is 2.73. The van der Waals surface area contributed by atoms with Gasteiger partial charge in [0.1, 0.15) is 0 Å². The molecule has 3 nitrogen and oxygen atoms in total. The van der Waals surface area contributed by atoms with Gasteiger partial charge in [-0.2, -0.15) is 0 Å². The number of hydrogen-bond acceptors (Lipinski definition) is 2. The third kappa shape index (κ3) is 6.90. The van der Waals surface area contributed by atoms with Crippen molar-refractivity contribution < 1.29 is 9.53 Å². The standard InChI is InChI=1S/C13H18NO2.3C4H9.Sn/c1-5-14(6-2)13(15)11-7-10(3)8-12(9-11)16-4;3*1-3-4-2;/h7-8H,5-6H2,1-4H3;3*1,3-4H2,2H3;. The van der Waals surface area contributed by atoms with Crippen LogP contribution in [-0.4, -0.2) is 49.4 Å². The van der Waals surface area contributed by atoms with Gasteiger partial charge >= 0.3 is 185 Å². The van der Waals surface area contributed by atoms with Crippen molar-refractivity contribution in [2.24, 2.45) is 0 Å². The number of carbonyl (C=O) groups is 1. The Kier molecular flexibility index (Phi) is 12.3. The Bertz CT molecular complexity index is 604.